The summed E-state index contributed by atoms with van der Waals surface area (Å²) in [7, 11) is 6.54. The second-order valence-corrected chi connectivity index (χ2v) is 10.3. The Kier molecular flexibility index (Phi) is 16.0. The van der Waals surface area contributed by atoms with Gasteiger partial charge in [-0.3, -0.25) is 18.9 Å². The summed E-state index contributed by atoms with van der Waals surface area (Å²) in [6.45, 7) is 0. The van der Waals surface area contributed by atoms with Gasteiger partial charge in [-0.25, -0.2) is 0 Å². The van der Waals surface area contributed by atoms with Crippen LogP contribution in [0.3, 0.4) is 0 Å². The minimum Gasteiger partial charge on any atom is -0.497 e. The molecule has 7 nitrogen and oxygen atoms in total. The van der Waals surface area contributed by atoms with E-state index in [4.69, 9.17) is 18.8 Å². The van der Waals surface area contributed by atoms with Crippen LogP contribution in [-0.4, -0.2) is 38.7 Å². The first-order valence-electron chi connectivity index (χ1n) is 15.3. The monoisotopic (exact) mass is 684 g/mol. The summed E-state index contributed by atoms with van der Waals surface area (Å²) >= 11 is 0. The molecule has 0 N–H and O–H groups in total. The van der Waals surface area contributed by atoms with Crippen molar-refractivity contribution >= 4 is 26.5 Å². The van der Waals surface area contributed by atoms with Crippen LogP contribution in [0.1, 0.15) is 47.8 Å². The molecule has 0 aliphatic heterocycles. The standard InChI is InChI=1S/3C14H12O2.HOP/c3*1-16-13-9-7-12(8-10-13)14(15)11-5-3-2-4-6-11;1-2/h3*2-10H,1H3;2H. The van der Waals surface area contributed by atoms with Gasteiger partial charge in [0.1, 0.15) is 26.4 Å². The molecule has 0 atom stereocenters. The first-order valence-corrected chi connectivity index (χ1v) is 15.8. The molecule has 0 radical (unpaired) electrons. The second kappa shape index (κ2) is 20.9. The molecule has 0 heterocycles. The third kappa shape index (κ3) is 11.5. The van der Waals surface area contributed by atoms with Gasteiger partial charge < -0.3 is 14.2 Å². The summed E-state index contributed by atoms with van der Waals surface area (Å²) in [6, 6.07) is 49.1. The van der Waals surface area contributed by atoms with Crippen LogP contribution < -0.4 is 14.2 Å². The number of rotatable bonds is 9. The number of ether oxygens (including phenoxy) is 3. The van der Waals surface area contributed by atoms with Gasteiger partial charge in [0.05, 0.1) is 21.3 Å². The fourth-order valence-electron chi connectivity index (χ4n) is 4.50. The molecule has 0 aliphatic carbocycles. The Bertz CT molecular complexity index is 1670. The first kappa shape index (κ1) is 38.3. The van der Waals surface area contributed by atoms with E-state index in [9.17, 15) is 14.4 Å². The highest BCUT2D eigenvalue weighted by Crippen LogP contribution is 2.17. The third-order valence-corrected chi connectivity index (χ3v) is 7.16. The lowest BCUT2D eigenvalue weighted by molar-refractivity contribution is 0.103. The Hall–Kier alpha value is -6.17. The Morgan fingerprint density at radius 2 is 0.500 bits per heavy atom. The summed E-state index contributed by atoms with van der Waals surface area (Å²) in [4.78, 5) is 36.0. The Morgan fingerprint density at radius 1 is 0.320 bits per heavy atom. The SMILES string of the molecule is COc1ccc(C(=O)c2ccccc2)cc1.COc1ccc(C(=O)c2ccccc2)cc1.COc1ccc(C(=O)c2ccccc2)cc1.O=P. The van der Waals surface area contributed by atoms with Crippen molar-refractivity contribution in [2.45, 2.75) is 0 Å². The summed E-state index contributed by atoms with van der Waals surface area (Å²) in [5, 5.41) is 0. The van der Waals surface area contributed by atoms with Gasteiger partial charge in [0.25, 0.3) is 0 Å². The number of carbonyl (C=O) groups excluding carboxylic acids is 3. The molecule has 252 valence electrons. The zero-order chi connectivity index (χ0) is 36.1. The minimum absolute atomic E-state index is 0.0308. The first-order chi connectivity index (χ1) is 24.4. The summed E-state index contributed by atoms with van der Waals surface area (Å²) in [5.41, 5.74) is 4.12. The fourth-order valence-corrected chi connectivity index (χ4v) is 4.50. The van der Waals surface area contributed by atoms with Crippen molar-refractivity contribution in [1.29, 1.82) is 0 Å². The molecular formula is C42H37O7P. The predicted octanol–water partition coefficient (Wildman–Crippen LogP) is 9.25. The van der Waals surface area contributed by atoms with Crippen molar-refractivity contribution < 1.29 is 33.2 Å². The van der Waals surface area contributed by atoms with E-state index in [-0.39, 0.29) is 17.3 Å². The Labute approximate surface area is 294 Å². The van der Waals surface area contributed by atoms with Crippen molar-refractivity contribution in [1.82, 2.24) is 0 Å². The molecule has 0 aromatic heterocycles. The second-order valence-electron chi connectivity index (χ2n) is 10.3. The lowest BCUT2D eigenvalue weighted by Crippen LogP contribution is -2.00. The molecule has 0 amide bonds. The highest BCUT2D eigenvalue weighted by Gasteiger charge is 2.09. The average molecular weight is 685 g/mol. The number of hydrogen-bond donors (Lipinski definition) is 0. The van der Waals surface area contributed by atoms with E-state index in [2.05, 4.69) is 0 Å². The maximum Gasteiger partial charge on any atom is 0.193 e. The van der Waals surface area contributed by atoms with Gasteiger partial charge >= 0.3 is 0 Å². The maximum absolute atomic E-state index is 12.0. The number of ketones is 3. The van der Waals surface area contributed by atoms with Crippen LogP contribution in [0.4, 0.5) is 0 Å². The number of methoxy groups -OCH3 is 3. The average Bonchev–Trinajstić information content (AvgIpc) is 3.22. The number of hydrogen-bond acceptors (Lipinski definition) is 7. The smallest absolute Gasteiger partial charge is 0.193 e. The van der Waals surface area contributed by atoms with Crippen LogP contribution in [0.15, 0.2) is 164 Å². The molecule has 0 aliphatic rings. The van der Waals surface area contributed by atoms with Crippen molar-refractivity contribution in [2.24, 2.45) is 0 Å². The minimum atomic E-state index is 0.0308. The van der Waals surface area contributed by atoms with Crippen molar-refractivity contribution in [2.75, 3.05) is 21.3 Å². The molecule has 0 saturated carbocycles. The van der Waals surface area contributed by atoms with Crippen LogP contribution in [0.5, 0.6) is 17.2 Å². The Morgan fingerprint density at radius 3 is 0.680 bits per heavy atom. The molecule has 50 heavy (non-hydrogen) atoms. The Balaban J connectivity index is 0.000000198. The van der Waals surface area contributed by atoms with Crippen molar-refractivity contribution in [3.63, 3.8) is 0 Å². The van der Waals surface area contributed by atoms with E-state index in [1.165, 1.54) is 0 Å². The topological polar surface area (TPSA) is 96.0 Å². The maximum atomic E-state index is 12.0. The van der Waals surface area contributed by atoms with Crippen LogP contribution in [0, 0.1) is 0 Å². The number of carbonyl (C=O) groups is 3. The van der Waals surface area contributed by atoms with E-state index < -0.39 is 0 Å². The molecule has 6 aromatic rings. The lowest BCUT2D eigenvalue weighted by Gasteiger charge is -2.02. The third-order valence-electron chi connectivity index (χ3n) is 7.16. The quantitative estimate of drug-likeness (QED) is 0.111. The van der Waals surface area contributed by atoms with Crippen LogP contribution in [0.25, 0.3) is 0 Å². The van der Waals surface area contributed by atoms with E-state index in [1.54, 1.807) is 103 Å². The largest absolute Gasteiger partial charge is 0.497 e. The van der Waals surface area contributed by atoms with Gasteiger partial charge in [0.2, 0.25) is 0 Å². The zero-order valence-electron chi connectivity index (χ0n) is 27.9. The number of benzene rings is 6. The predicted molar refractivity (Wildman–Crippen MR) is 198 cm³/mol. The van der Waals surface area contributed by atoms with Crippen LogP contribution >= 0.6 is 9.12 Å². The molecule has 0 fully saturated rings. The summed E-state index contributed by atoms with van der Waals surface area (Å²) in [5.74, 6) is 2.36. The van der Waals surface area contributed by atoms with Crippen molar-refractivity contribution in [3.05, 3.63) is 197 Å². The normalized spacial score (nSPS) is 9.50. The molecule has 0 unspecified atom stereocenters. The lowest BCUT2D eigenvalue weighted by atomic mass is 10.0. The molecule has 6 rings (SSSR count). The molecule has 8 heteroatoms. The van der Waals surface area contributed by atoms with Gasteiger partial charge in [-0.05, 0) is 72.8 Å². The molecule has 0 bridgehead atoms. The van der Waals surface area contributed by atoms with Gasteiger partial charge in [-0.15, -0.1) is 0 Å². The molecular weight excluding hydrogens is 647 g/mol. The van der Waals surface area contributed by atoms with E-state index >= 15 is 0 Å². The van der Waals surface area contributed by atoms with E-state index in [0.29, 0.717) is 33.4 Å². The van der Waals surface area contributed by atoms with Gasteiger partial charge in [-0.1, -0.05) is 91.0 Å². The highest BCUT2D eigenvalue weighted by molar-refractivity contribution is 7.00. The molecule has 0 spiro atoms. The molecule has 0 saturated heterocycles. The van der Waals surface area contributed by atoms with Gasteiger partial charge in [-0.2, -0.15) is 0 Å². The summed E-state index contributed by atoms with van der Waals surface area (Å²) in [6.07, 6.45) is 0. The zero-order valence-corrected chi connectivity index (χ0v) is 28.9. The van der Waals surface area contributed by atoms with Crippen molar-refractivity contribution in [3.8, 4) is 17.2 Å². The summed E-state index contributed by atoms with van der Waals surface area (Å²) < 4.78 is 23.2. The fraction of sp³-hybridized carbons (Fsp3) is 0.0714. The highest BCUT2D eigenvalue weighted by atomic mass is 31.0. The van der Waals surface area contributed by atoms with Gasteiger partial charge in [0.15, 0.2) is 17.3 Å². The van der Waals surface area contributed by atoms with Crippen LogP contribution in [-0.2, 0) is 4.57 Å². The van der Waals surface area contributed by atoms with Crippen LogP contribution in [0.2, 0.25) is 0 Å². The van der Waals surface area contributed by atoms with E-state index in [0.717, 1.165) is 17.2 Å². The van der Waals surface area contributed by atoms with E-state index in [1.807, 2.05) is 91.0 Å². The molecule has 6 aromatic carbocycles. The van der Waals surface area contributed by atoms with Gasteiger partial charge in [0, 0.05) is 33.4 Å².